The van der Waals surface area contributed by atoms with Crippen LogP contribution < -0.4 is 5.32 Å². The summed E-state index contributed by atoms with van der Waals surface area (Å²) in [6.45, 7) is 10.6. The van der Waals surface area contributed by atoms with E-state index in [0.29, 0.717) is 12.8 Å². The van der Waals surface area contributed by atoms with E-state index in [1.54, 1.807) is 33.8 Å². The first kappa shape index (κ1) is 14.7. The van der Waals surface area contributed by atoms with Gasteiger partial charge < -0.3 is 10.1 Å². The molecule has 16 heavy (non-hydrogen) atoms. The van der Waals surface area contributed by atoms with Crippen molar-refractivity contribution >= 4 is 11.9 Å². The maximum Gasteiger partial charge on any atom is 0.408 e. The summed E-state index contributed by atoms with van der Waals surface area (Å²) in [5, 5.41) is 2.54. The fraction of sp³-hybridized carbons (Fsp3) is 0.667. The fourth-order valence-corrected chi connectivity index (χ4v) is 1.13. The zero-order chi connectivity index (χ0) is 12.8. The van der Waals surface area contributed by atoms with E-state index in [4.69, 9.17) is 4.74 Å². The Kier molecular flexibility index (Phi) is 5.78. The molecule has 0 rings (SSSR count). The van der Waals surface area contributed by atoms with Gasteiger partial charge in [0.1, 0.15) is 5.60 Å². The Morgan fingerprint density at radius 2 is 2.00 bits per heavy atom. The number of ether oxygens (including phenoxy) is 1. The van der Waals surface area contributed by atoms with Crippen molar-refractivity contribution in [3.63, 3.8) is 0 Å². The van der Waals surface area contributed by atoms with Gasteiger partial charge in [-0.15, -0.1) is 6.58 Å². The lowest BCUT2D eigenvalue weighted by atomic mass is 10.1. The van der Waals surface area contributed by atoms with Gasteiger partial charge in [0.25, 0.3) is 0 Å². The summed E-state index contributed by atoms with van der Waals surface area (Å²) in [5.74, 6) is -0.0224. The summed E-state index contributed by atoms with van der Waals surface area (Å²) >= 11 is 0. The Hall–Kier alpha value is -1.32. The number of hydrogen-bond acceptors (Lipinski definition) is 3. The highest BCUT2D eigenvalue weighted by Gasteiger charge is 2.22. The minimum Gasteiger partial charge on any atom is -0.444 e. The molecule has 0 fully saturated rings. The molecule has 0 saturated heterocycles. The standard InChI is InChI=1S/C12H21NO3/c1-6-8-9(10(14)7-2)13-11(15)16-12(3,4)5/h6,9H,1,7-8H2,2-5H3,(H,13,15)/t9-/m1/s1. The van der Waals surface area contributed by atoms with Crippen LogP contribution in [0, 0.1) is 0 Å². The Morgan fingerprint density at radius 1 is 1.44 bits per heavy atom. The number of alkyl carbamates (subject to hydrolysis) is 1. The van der Waals surface area contributed by atoms with Crippen molar-refractivity contribution in [2.75, 3.05) is 0 Å². The number of carbonyl (C=O) groups excluding carboxylic acids is 2. The van der Waals surface area contributed by atoms with Crippen LogP contribution in [0.3, 0.4) is 0 Å². The van der Waals surface area contributed by atoms with Crippen LogP contribution in [0.5, 0.6) is 0 Å². The molecule has 0 unspecified atom stereocenters. The number of carbonyl (C=O) groups is 2. The molecule has 0 bridgehead atoms. The third-order valence-electron chi connectivity index (χ3n) is 1.83. The van der Waals surface area contributed by atoms with Crippen molar-refractivity contribution < 1.29 is 14.3 Å². The van der Waals surface area contributed by atoms with Crippen molar-refractivity contribution in [1.82, 2.24) is 5.32 Å². The molecule has 4 heteroatoms. The molecule has 4 nitrogen and oxygen atoms in total. The molecule has 0 aromatic rings. The van der Waals surface area contributed by atoms with Crippen LogP contribution in [0.1, 0.15) is 40.5 Å². The zero-order valence-corrected chi connectivity index (χ0v) is 10.5. The van der Waals surface area contributed by atoms with Gasteiger partial charge in [0.2, 0.25) is 0 Å². The molecule has 0 aromatic carbocycles. The number of amides is 1. The molecule has 0 aliphatic heterocycles. The van der Waals surface area contributed by atoms with Gasteiger partial charge in [0.15, 0.2) is 5.78 Å². The number of hydrogen-bond donors (Lipinski definition) is 1. The second-order valence-corrected chi connectivity index (χ2v) is 4.54. The van der Waals surface area contributed by atoms with Gasteiger partial charge in [0.05, 0.1) is 6.04 Å². The molecule has 0 radical (unpaired) electrons. The molecule has 1 atom stereocenters. The van der Waals surface area contributed by atoms with Gasteiger partial charge in [-0.3, -0.25) is 4.79 Å². The molecule has 0 heterocycles. The first-order chi connectivity index (χ1) is 7.30. The first-order valence-corrected chi connectivity index (χ1v) is 5.43. The Labute approximate surface area is 97.1 Å². The smallest absolute Gasteiger partial charge is 0.408 e. The molecule has 0 aliphatic rings. The van der Waals surface area contributed by atoms with Crippen LogP contribution in [-0.4, -0.2) is 23.5 Å². The maximum atomic E-state index is 11.5. The lowest BCUT2D eigenvalue weighted by Gasteiger charge is -2.22. The van der Waals surface area contributed by atoms with Crippen molar-refractivity contribution in [3.8, 4) is 0 Å². The van der Waals surface area contributed by atoms with Crippen LogP contribution in [0.25, 0.3) is 0 Å². The van der Waals surface area contributed by atoms with Gasteiger partial charge in [-0.25, -0.2) is 4.79 Å². The molecule has 0 saturated carbocycles. The minimum atomic E-state index is -0.568. The van der Waals surface area contributed by atoms with Crippen molar-refractivity contribution in [2.24, 2.45) is 0 Å². The average Bonchev–Trinajstić information content (AvgIpc) is 2.13. The third kappa shape index (κ3) is 6.22. The van der Waals surface area contributed by atoms with Gasteiger partial charge >= 0.3 is 6.09 Å². The van der Waals surface area contributed by atoms with E-state index >= 15 is 0 Å². The lowest BCUT2D eigenvalue weighted by molar-refractivity contribution is -0.120. The van der Waals surface area contributed by atoms with E-state index in [1.807, 2.05) is 0 Å². The van der Waals surface area contributed by atoms with E-state index in [1.165, 1.54) is 0 Å². The predicted molar refractivity (Wildman–Crippen MR) is 63.3 cm³/mol. The number of rotatable bonds is 5. The molecule has 0 aromatic heterocycles. The van der Waals surface area contributed by atoms with Crippen LogP contribution in [0.2, 0.25) is 0 Å². The second-order valence-electron chi connectivity index (χ2n) is 4.54. The van der Waals surface area contributed by atoms with Crippen molar-refractivity contribution in [3.05, 3.63) is 12.7 Å². The highest BCUT2D eigenvalue weighted by atomic mass is 16.6. The van der Waals surface area contributed by atoms with E-state index in [9.17, 15) is 9.59 Å². The Balaban J connectivity index is 4.34. The number of Topliss-reactive ketones (excluding diaryl/α,β-unsaturated/α-hetero) is 1. The Morgan fingerprint density at radius 3 is 2.38 bits per heavy atom. The topological polar surface area (TPSA) is 55.4 Å². The largest absolute Gasteiger partial charge is 0.444 e. The van der Waals surface area contributed by atoms with Gasteiger partial charge in [-0.2, -0.15) is 0 Å². The van der Waals surface area contributed by atoms with Gasteiger partial charge in [0, 0.05) is 6.42 Å². The summed E-state index contributed by atoms with van der Waals surface area (Å²) in [7, 11) is 0. The summed E-state index contributed by atoms with van der Waals surface area (Å²) in [6.07, 6.45) is 1.84. The van der Waals surface area contributed by atoms with E-state index in [0.717, 1.165) is 0 Å². The number of ketones is 1. The van der Waals surface area contributed by atoms with Gasteiger partial charge in [-0.05, 0) is 27.2 Å². The average molecular weight is 227 g/mol. The highest BCUT2D eigenvalue weighted by Crippen LogP contribution is 2.07. The second kappa shape index (κ2) is 6.30. The Bertz CT molecular complexity index is 266. The van der Waals surface area contributed by atoms with Gasteiger partial charge in [-0.1, -0.05) is 13.0 Å². The van der Waals surface area contributed by atoms with Crippen LogP contribution in [0.4, 0.5) is 4.79 Å². The molecule has 92 valence electrons. The normalized spacial score (nSPS) is 12.8. The number of nitrogens with one attached hydrogen (secondary N) is 1. The fourth-order valence-electron chi connectivity index (χ4n) is 1.13. The SMILES string of the molecule is C=CC[C@@H](NC(=O)OC(C)(C)C)C(=O)CC. The summed E-state index contributed by atoms with van der Waals surface area (Å²) < 4.78 is 5.07. The summed E-state index contributed by atoms with van der Waals surface area (Å²) in [5.41, 5.74) is -0.557. The lowest BCUT2D eigenvalue weighted by Crippen LogP contribution is -2.43. The third-order valence-corrected chi connectivity index (χ3v) is 1.83. The molecule has 0 spiro atoms. The zero-order valence-electron chi connectivity index (χ0n) is 10.5. The first-order valence-electron chi connectivity index (χ1n) is 5.43. The van der Waals surface area contributed by atoms with Crippen LogP contribution in [-0.2, 0) is 9.53 Å². The molecule has 1 N–H and O–H groups in total. The van der Waals surface area contributed by atoms with Crippen LogP contribution in [0.15, 0.2) is 12.7 Å². The molecular weight excluding hydrogens is 206 g/mol. The predicted octanol–water partition coefficient (Wildman–Crippen LogP) is 2.43. The van der Waals surface area contributed by atoms with E-state index in [2.05, 4.69) is 11.9 Å². The summed E-state index contributed by atoms with van der Waals surface area (Å²) in [4.78, 5) is 22.9. The minimum absolute atomic E-state index is 0.0224. The van der Waals surface area contributed by atoms with Crippen molar-refractivity contribution in [2.45, 2.75) is 52.2 Å². The quantitative estimate of drug-likeness (QED) is 0.734. The van der Waals surface area contributed by atoms with E-state index in [-0.39, 0.29) is 5.78 Å². The molecule has 0 aliphatic carbocycles. The van der Waals surface area contributed by atoms with Crippen LogP contribution >= 0.6 is 0 Å². The molecular formula is C12H21NO3. The van der Waals surface area contributed by atoms with E-state index < -0.39 is 17.7 Å². The monoisotopic (exact) mass is 227 g/mol. The maximum absolute atomic E-state index is 11.5. The van der Waals surface area contributed by atoms with Crippen molar-refractivity contribution in [1.29, 1.82) is 0 Å². The summed E-state index contributed by atoms with van der Waals surface area (Å²) in [6, 6.07) is -0.530. The highest BCUT2D eigenvalue weighted by molar-refractivity contribution is 5.87. The molecule has 1 amide bonds.